The molecule has 0 unspecified atom stereocenters. The minimum absolute atomic E-state index is 0.124. The van der Waals surface area contributed by atoms with E-state index in [9.17, 15) is 4.79 Å². The Morgan fingerprint density at radius 3 is 2.40 bits per heavy atom. The molecular weight excluding hydrogens is 254 g/mol. The van der Waals surface area contributed by atoms with E-state index < -0.39 is 0 Å². The van der Waals surface area contributed by atoms with E-state index in [0.717, 1.165) is 18.4 Å². The van der Waals surface area contributed by atoms with E-state index in [-0.39, 0.29) is 11.3 Å². The summed E-state index contributed by atoms with van der Waals surface area (Å²) in [4.78, 5) is 12.4. The molecule has 1 aromatic rings. The molecule has 1 aliphatic rings. The molecule has 4 heteroatoms. The summed E-state index contributed by atoms with van der Waals surface area (Å²) in [5.41, 5.74) is 0.644. The van der Waals surface area contributed by atoms with Crippen LogP contribution in [0.15, 0.2) is 18.2 Å². The number of methoxy groups -OCH3 is 2. The minimum Gasteiger partial charge on any atom is -0.493 e. The predicted octanol–water partition coefficient (Wildman–Crippen LogP) is 2.51. The summed E-state index contributed by atoms with van der Waals surface area (Å²) in [5, 5.41) is 3.04. The molecule has 20 heavy (non-hydrogen) atoms. The Balaban J connectivity index is 2.20. The van der Waals surface area contributed by atoms with Gasteiger partial charge in [0.05, 0.1) is 19.6 Å². The first kappa shape index (κ1) is 14.7. The fourth-order valence-electron chi connectivity index (χ4n) is 2.37. The molecule has 0 atom stereocenters. The molecule has 2 rings (SSSR count). The standard InChI is InChI=1S/C16H23NO3/c1-11(2)10-17-15(18)16(7-8-16)12-5-6-13(19-3)14(9-12)20-4/h5-6,9,11H,7-8,10H2,1-4H3,(H,17,18). The van der Waals surface area contributed by atoms with E-state index in [2.05, 4.69) is 19.2 Å². The molecule has 0 aliphatic heterocycles. The summed E-state index contributed by atoms with van der Waals surface area (Å²) >= 11 is 0. The summed E-state index contributed by atoms with van der Waals surface area (Å²) in [6.45, 7) is 4.90. The van der Waals surface area contributed by atoms with Crippen molar-refractivity contribution in [2.45, 2.75) is 32.1 Å². The van der Waals surface area contributed by atoms with Gasteiger partial charge in [-0.15, -0.1) is 0 Å². The molecule has 4 nitrogen and oxygen atoms in total. The fourth-order valence-corrected chi connectivity index (χ4v) is 2.37. The number of benzene rings is 1. The summed E-state index contributed by atoms with van der Waals surface area (Å²) in [5.74, 6) is 1.95. The van der Waals surface area contributed by atoms with Crippen molar-refractivity contribution in [1.82, 2.24) is 5.32 Å². The first-order valence-electron chi connectivity index (χ1n) is 7.04. The first-order chi connectivity index (χ1) is 9.53. The molecule has 0 radical (unpaired) electrons. The average molecular weight is 277 g/mol. The second-order valence-electron chi connectivity index (χ2n) is 5.76. The van der Waals surface area contributed by atoms with Crippen molar-refractivity contribution in [2.24, 2.45) is 5.92 Å². The number of nitrogens with one attached hydrogen (secondary N) is 1. The van der Waals surface area contributed by atoms with Gasteiger partial charge in [0.25, 0.3) is 0 Å². The molecule has 1 aliphatic carbocycles. The van der Waals surface area contributed by atoms with Crippen LogP contribution in [0.1, 0.15) is 32.3 Å². The van der Waals surface area contributed by atoms with Crippen molar-refractivity contribution in [3.05, 3.63) is 23.8 Å². The van der Waals surface area contributed by atoms with Crippen molar-refractivity contribution in [1.29, 1.82) is 0 Å². The number of hydrogen-bond donors (Lipinski definition) is 1. The zero-order valence-corrected chi connectivity index (χ0v) is 12.7. The molecule has 1 fully saturated rings. The van der Waals surface area contributed by atoms with Crippen LogP contribution in [-0.4, -0.2) is 26.7 Å². The number of carbonyl (C=O) groups is 1. The maximum Gasteiger partial charge on any atom is 0.230 e. The lowest BCUT2D eigenvalue weighted by atomic mass is 9.94. The van der Waals surface area contributed by atoms with Crippen LogP contribution in [0.2, 0.25) is 0 Å². The minimum atomic E-state index is -0.367. The van der Waals surface area contributed by atoms with E-state index in [1.54, 1.807) is 14.2 Å². The molecule has 0 aromatic heterocycles. The maximum atomic E-state index is 12.4. The lowest BCUT2D eigenvalue weighted by Crippen LogP contribution is -2.36. The summed E-state index contributed by atoms with van der Waals surface area (Å²) in [7, 11) is 3.22. The third-order valence-electron chi connectivity index (χ3n) is 3.79. The smallest absolute Gasteiger partial charge is 0.230 e. The van der Waals surface area contributed by atoms with Gasteiger partial charge in [-0.05, 0) is 36.5 Å². The Kier molecular flexibility index (Phi) is 4.21. The van der Waals surface area contributed by atoms with Gasteiger partial charge in [0, 0.05) is 6.54 Å². The molecule has 1 N–H and O–H groups in total. The van der Waals surface area contributed by atoms with E-state index >= 15 is 0 Å². The van der Waals surface area contributed by atoms with Crippen molar-refractivity contribution < 1.29 is 14.3 Å². The van der Waals surface area contributed by atoms with Crippen LogP contribution in [0.3, 0.4) is 0 Å². The molecule has 1 amide bonds. The molecule has 1 aromatic carbocycles. The topological polar surface area (TPSA) is 47.6 Å². The number of hydrogen-bond acceptors (Lipinski definition) is 3. The number of amides is 1. The molecule has 0 spiro atoms. The highest BCUT2D eigenvalue weighted by molar-refractivity contribution is 5.91. The average Bonchev–Trinajstić information content (AvgIpc) is 3.25. The maximum absolute atomic E-state index is 12.4. The largest absolute Gasteiger partial charge is 0.493 e. The van der Waals surface area contributed by atoms with Crippen LogP contribution in [0.5, 0.6) is 11.5 Å². The second kappa shape index (κ2) is 5.73. The Morgan fingerprint density at radius 2 is 1.90 bits per heavy atom. The van der Waals surface area contributed by atoms with Crippen LogP contribution in [0.25, 0.3) is 0 Å². The summed E-state index contributed by atoms with van der Waals surface area (Å²) in [6.07, 6.45) is 1.79. The van der Waals surface area contributed by atoms with Gasteiger partial charge in [-0.2, -0.15) is 0 Å². The molecule has 0 bridgehead atoms. The van der Waals surface area contributed by atoms with Gasteiger partial charge in [0.2, 0.25) is 5.91 Å². The summed E-state index contributed by atoms with van der Waals surface area (Å²) in [6, 6.07) is 5.74. The fraction of sp³-hybridized carbons (Fsp3) is 0.562. The Morgan fingerprint density at radius 1 is 1.25 bits per heavy atom. The van der Waals surface area contributed by atoms with Crippen molar-refractivity contribution in [2.75, 3.05) is 20.8 Å². The predicted molar refractivity (Wildman–Crippen MR) is 78.3 cm³/mol. The monoisotopic (exact) mass is 277 g/mol. The number of rotatable bonds is 6. The number of carbonyl (C=O) groups excluding carboxylic acids is 1. The van der Waals surface area contributed by atoms with Gasteiger partial charge in [-0.3, -0.25) is 4.79 Å². The highest BCUT2D eigenvalue weighted by atomic mass is 16.5. The molecular formula is C16H23NO3. The first-order valence-corrected chi connectivity index (χ1v) is 7.04. The lowest BCUT2D eigenvalue weighted by Gasteiger charge is -2.18. The zero-order valence-electron chi connectivity index (χ0n) is 12.7. The third-order valence-corrected chi connectivity index (χ3v) is 3.79. The lowest BCUT2D eigenvalue weighted by molar-refractivity contribution is -0.123. The molecule has 1 saturated carbocycles. The van der Waals surface area contributed by atoms with E-state index in [4.69, 9.17) is 9.47 Å². The zero-order chi connectivity index (χ0) is 14.8. The third kappa shape index (κ3) is 2.74. The molecule has 0 saturated heterocycles. The SMILES string of the molecule is COc1ccc(C2(C(=O)NCC(C)C)CC2)cc1OC. The quantitative estimate of drug-likeness (QED) is 0.869. The van der Waals surface area contributed by atoms with Crippen LogP contribution < -0.4 is 14.8 Å². The van der Waals surface area contributed by atoms with E-state index in [1.165, 1.54) is 0 Å². The highest BCUT2D eigenvalue weighted by Gasteiger charge is 2.51. The second-order valence-corrected chi connectivity index (χ2v) is 5.76. The van der Waals surface area contributed by atoms with Crippen molar-refractivity contribution in [3.63, 3.8) is 0 Å². The van der Waals surface area contributed by atoms with Crippen molar-refractivity contribution in [3.8, 4) is 11.5 Å². The van der Waals surface area contributed by atoms with Gasteiger partial charge in [-0.25, -0.2) is 0 Å². The van der Waals surface area contributed by atoms with Crippen LogP contribution in [0, 0.1) is 5.92 Å². The number of ether oxygens (including phenoxy) is 2. The summed E-state index contributed by atoms with van der Waals surface area (Å²) < 4.78 is 10.6. The van der Waals surface area contributed by atoms with Gasteiger partial charge in [-0.1, -0.05) is 19.9 Å². The normalized spacial score (nSPS) is 15.8. The van der Waals surface area contributed by atoms with Gasteiger partial charge < -0.3 is 14.8 Å². The van der Waals surface area contributed by atoms with Crippen molar-refractivity contribution >= 4 is 5.91 Å². The van der Waals surface area contributed by atoms with Gasteiger partial charge in [0.1, 0.15) is 0 Å². The van der Waals surface area contributed by atoms with Crippen LogP contribution in [0.4, 0.5) is 0 Å². The Bertz CT molecular complexity index is 492. The van der Waals surface area contributed by atoms with E-state index in [0.29, 0.717) is 24.0 Å². The molecule has 0 heterocycles. The Hall–Kier alpha value is -1.71. The molecule has 110 valence electrons. The van der Waals surface area contributed by atoms with Gasteiger partial charge >= 0.3 is 0 Å². The van der Waals surface area contributed by atoms with Gasteiger partial charge in [0.15, 0.2) is 11.5 Å². The highest BCUT2D eigenvalue weighted by Crippen LogP contribution is 2.50. The van der Waals surface area contributed by atoms with E-state index in [1.807, 2.05) is 18.2 Å². The van der Waals surface area contributed by atoms with Crippen LogP contribution >= 0.6 is 0 Å². The van der Waals surface area contributed by atoms with Crippen LogP contribution in [-0.2, 0) is 10.2 Å². The Labute approximate surface area is 120 Å².